The average Bonchev–Trinajstić information content (AvgIpc) is 3.79. The van der Waals surface area contributed by atoms with Crippen molar-refractivity contribution in [3.63, 3.8) is 0 Å². The van der Waals surface area contributed by atoms with E-state index in [1.807, 2.05) is 23.1 Å². The summed E-state index contributed by atoms with van der Waals surface area (Å²) in [6.45, 7) is 0.683. The Bertz CT molecular complexity index is 2270. The molecule has 0 saturated carbocycles. The Balaban J connectivity index is 1.03. The molecule has 0 radical (unpaired) electrons. The maximum atomic E-state index is 6.64. The van der Waals surface area contributed by atoms with Gasteiger partial charge in [-0.15, -0.1) is 23.1 Å². The van der Waals surface area contributed by atoms with Crippen molar-refractivity contribution < 1.29 is 4.42 Å². The summed E-state index contributed by atoms with van der Waals surface area (Å²) in [5.74, 6) is 1.42. The number of furan rings is 1. The first kappa shape index (κ1) is 26.0. The Hall–Kier alpha value is -4.29. The minimum absolute atomic E-state index is 0.0296. The molecule has 2 aromatic heterocycles. The van der Waals surface area contributed by atoms with Gasteiger partial charge in [-0.05, 0) is 81.4 Å². The summed E-state index contributed by atoms with van der Waals surface area (Å²) in [6, 6.07) is 31.4. The number of allylic oxidation sites excluding steroid dienone is 4. The van der Waals surface area contributed by atoms with Gasteiger partial charge in [0.15, 0.2) is 0 Å². The highest BCUT2D eigenvalue weighted by Crippen LogP contribution is 2.52. The molecule has 0 fully saturated rings. The molecule has 218 valence electrons. The van der Waals surface area contributed by atoms with Gasteiger partial charge in [-0.25, -0.2) is 0 Å². The van der Waals surface area contributed by atoms with Crippen molar-refractivity contribution in [3.8, 4) is 11.1 Å². The molecule has 0 saturated heterocycles. The molecule has 0 bridgehead atoms. The van der Waals surface area contributed by atoms with Crippen LogP contribution in [0.2, 0.25) is 0 Å². The zero-order chi connectivity index (χ0) is 29.5. The van der Waals surface area contributed by atoms with Crippen LogP contribution in [0.4, 0.5) is 5.69 Å². The quantitative estimate of drug-likeness (QED) is 0.207. The van der Waals surface area contributed by atoms with Crippen molar-refractivity contribution >= 4 is 55.4 Å². The number of hydrogen-bond donors (Lipinski definition) is 2. The second-order valence-corrected chi connectivity index (χ2v) is 14.6. The largest absolute Gasteiger partial charge is 0.457 e. The molecule has 3 unspecified atom stereocenters. The first-order valence-electron chi connectivity index (χ1n) is 15.8. The predicted molar refractivity (Wildman–Crippen MR) is 189 cm³/mol. The standard InChI is InChI=1S/C40H30N2OS2/c1-3-16-34-28(10-1)30-14-6-12-26(39(30)44-34)23-8-5-9-25(20-23)36-38-37(42-22-41-36)32-21-24(18-19-33(32)43-38)27-13-7-15-31-29-11-2-4-17-35(29)45-40(27)31/h1-6,8-14,16-21,28,34,36,41-42H,7,15,22H2. The first-order valence-corrected chi connectivity index (χ1v) is 17.5. The van der Waals surface area contributed by atoms with Crippen LogP contribution in [-0.2, 0) is 6.42 Å². The number of benzene rings is 4. The van der Waals surface area contributed by atoms with Crippen LogP contribution in [0.25, 0.3) is 37.8 Å². The van der Waals surface area contributed by atoms with E-state index < -0.39 is 0 Å². The Kier molecular flexibility index (Phi) is 5.84. The van der Waals surface area contributed by atoms with Gasteiger partial charge in [-0.2, -0.15) is 0 Å². The van der Waals surface area contributed by atoms with E-state index in [-0.39, 0.29) is 6.04 Å². The third-order valence-electron chi connectivity index (χ3n) is 9.82. The van der Waals surface area contributed by atoms with Crippen LogP contribution in [-0.4, -0.2) is 11.9 Å². The van der Waals surface area contributed by atoms with Gasteiger partial charge in [0.05, 0.1) is 18.4 Å². The van der Waals surface area contributed by atoms with E-state index >= 15 is 0 Å². The van der Waals surface area contributed by atoms with Gasteiger partial charge >= 0.3 is 0 Å². The molecule has 3 atom stereocenters. The lowest BCUT2D eigenvalue weighted by Gasteiger charge is -2.25. The van der Waals surface area contributed by atoms with Gasteiger partial charge in [-0.1, -0.05) is 91.0 Å². The highest BCUT2D eigenvalue weighted by Gasteiger charge is 2.33. The predicted octanol–water partition coefficient (Wildman–Crippen LogP) is 10.4. The number of anilines is 1. The fourth-order valence-corrected chi connectivity index (χ4v) is 10.5. The summed E-state index contributed by atoms with van der Waals surface area (Å²) in [6.07, 6.45) is 13.7. The molecule has 2 aliphatic carbocycles. The Morgan fingerprint density at radius 3 is 2.76 bits per heavy atom. The normalized spacial score (nSPS) is 21.2. The van der Waals surface area contributed by atoms with Gasteiger partial charge in [0.25, 0.3) is 0 Å². The van der Waals surface area contributed by atoms with Crippen molar-refractivity contribution in [2.24, 2.45) is 0 Å². The molecular formula is C40H30N2OS2. The van der Waals surface area contributed by atoms with Crippen LogP contribution in [0, 0.1) is 0 Å². The molecule has 5 heteroatoms. The zero-order valence-corrected chi connectivity index (χ0v) is 26.2. The summed E-state index contributed by atoms with van der Waals surface area (Å²) in [4.78, 5) is 2.83. The smallest absolute Gasteiger partial charge is 0.149 e. The van der Waals surface area contributed by atoms with Crippen LogP contribution in [0.3, 0.4) is 0 Å². The van der Waals surface area contributed by atoms with Gasteiger partial charge in [0, 0.05) is 31.0 Å². The molecular weight excluding hydrogens is 589 g/mol. The number of thiophene rings is 1. The number of thioether (sulfide) groups is 1. The van der Waals surface area contributed by atoms with Crippen LogP contribution in [0.15, 0.2) is 125 Å². The minimum Gasteiger partial charge on any atom is -0.457 e. The third-order valence-corrected chi connectivity index (χ3v) is 12.5. The van der Waals surface area contributed by atoms with Gasteiger partial charge in [-0.3, -0.25) is 5.32 Å². The van der Waals surface area contributed by atoms with E-state index in [2.05, 4.69) is 126 Å². The summed E-state index contributed by atoms with van der Waals surface area (Å²) < 4.78 is 8.02. The molecule has 4 aromatic carbocycles. The van der Waals surface area contributed by atoms with E-state index in [0.717, 1.165) is 35.3 Å². The Labute approximate surface area is 270 Å². The lowest BCUT2D eigenvalue weighted by atomic mass is 9.89. The van der Waals surface area contributed by atoms with Gasteiger partial charge in [0.2, 0.25) is 0 Å². The number of rotatable bonds is 3. The topological polar surface area (TPSA) is 37.2 Å². The third kappa shape index (κ3) is 4.01. The lowest BCUT2D eigenvalue weighted by Crippen LogP contribution is -2.32. The molecule has 2 aliphatic heterocycles. The molecule has 2 N–H and O–H groups in total. The summed E-state index contributed by atoms with van der Waals surface area (Å²) >= 11 is 3.92. The molecule has 0 amide bonds. The van der Waals surface area contributed by atoms with Crippen molar-refractivity contribution in [1.29, 1.82) is 0 Å². The maximum absolute atomic E-state index is 6.64. The number of nitrogens with one attached hydrogen (secondary N) is 2. The van der Waals surface area contributed by atoms with Crippen molar-refractivity contribution in [1.82, 2.24) is 5.32 Å². The number of fused-ring (bicyclic) bond motifs is 9. The van der Waals surface area contributed by atoms with Crippen molar-refractivity contribution in [2.45, 2.75) is 34.9 Å². The van der Waals surface area contributed by atoms with E-state index in [9.17, 15) is 0 Å². The van der Waals surface area contributed by atoms with Crippen molar-refractivity contribution in [3.05, 3.63) is 148 Å². The SMILES string of the molecule is C1=CC2Sc3c(-c4cccc(C5NCNc6c5oc5ccc(C7=CCCc8c7sc7ccccc87)cc65)c4)cccc3C2C=C1. The van der Waals surface area contributed by atoms with E-state index in [1.54, 1.807) is 0 Å². The number of hydrogen-bond acceptors (Lipinski definition) is 5. The Morgan fingerprint density at radius 1 is 0.822 bits per heavy atom. The van der Waals surface area contributed by atoms with Crippen LogP contribution in [0.1, 0.15) is 51.3 Å². The molecule has 45 heavy (non-hydrogen) atoms. The second kappa shape index (κ2) is 10.1. The van der Waals surface area contributed by atoms with Crippen LogP contribution >= 0.6 is 23.1 Å². The maximum Gasteiger partial charge on any atom is 0.149 e. The summed E-state index contributed by atoms with van der Waals surface area (Å²) in [5.41, 5.74) is 11.4. The molecule has 4 heterocycles. The fraction of sp³-hybridized carbons (Fsp3) is 0.150. The van der Waals surface area contributed by atoms with Crippen LogP contribution in [0.5, 0.6) is 0 Å². The van der Waals surface area contributed by atoms with Gasteiger partial charge in [0.1, 0.15) is 11.3 Å². The number of aryl methyl sites for hydroxylation is 1. The molecule has 4 aliphatic rings. The van der Waals surface area contributed by atoms with Gasteiger partial charge < -0.3 is 9.73 Å². The lowest BCUT2D eigenvalue weighted by molar-refractivity contribution is 0.468. The zero-order valence-electron chi connectivity index (χ0n) is 24.5. The molecule has 3 nitrogen and oxygen atoms in total. The van der Waals surface area contributed by atoms with Crippen molar-refractivity contribution in [2.75, 3.05) is 12.0 Å². The molecule has 10 rings (SSSR count). The minimum atomic E-state index is -0.0296. The molecule has 6 aromatic rings. The second-order valence-electron chi connectivity index (χ2n) is 12.3. The summed E-state index contributed by atoms with van der Waals surface area (Å²) in [7, 11) is 0. The average molecular weight is 619 g/mol. The highest BCUT2D eigenvalue weighted by molar-refractivity contribution is 8.00. The van der Waals surface area contributed by atoms with E-state index in [4.69, 9.17) is 4.42 Å². The summed E-state index contributed by atoms with van der Waals surface area (Å²) in [5, 5.41) is 10.4. The van der Waals surface area contributed by atoms with E-state index in [1.165, 1.54) is 58.8 Å². The highest BCUT2D eigenvalue weighted by atomic mass is 32.2. The first-order chi connectivity index (χ1) is 22.3. The monoisotopic (exact) mass is 618 g/mol. The fourth-order valence-electron chi connectivity index (χ4n) is 7.72. The molecule has 0 spiro atoms. The van der Waals surface area contributed by atoms with Crippen LogP contribution < -0.4 is 10.6 Å². The Morgan fingerprint density at radius 2 is 1.76 bits per heavy atom. The van der Waals surface area contributed by atoms with E-state index in [0.29, 0.717) is 17.8 Å².